The summed E-state index contributed by atoms with van der Waals surface area (Å²) in [4.78, 5) is 31.1. The summed E-state index contributed by atoms with van der Waals surface area (Å²) >= 11 is 1.30. The molecule has 0 saturated carbocycles. The van der Waals surface area contributed by atoms with Crippen LogP contribution in [0.3, 0.4) is 0 Å². The third-order valence-electron chi connectivity index (χ3n) is 5.50. The van der Waals surface area contributed by atoms with Crippen molar-refractivity contribution in [3.8, 4) is 0 Å². The Bertz CT molecular complexity index is 1360. The topological polar surface area (TPSA) is 73.2 Å². The normalized spacial score (nSPS) is 12.4. The zero-order chi connectivity index (χ0) is 24.1. The third-order valence-corrected chi connectivity index (χ3v) is 6.59. The number of thioether (sulfide) groups is 1. The molecule has 1 aromatic heterocycles. The molecule has 0 bridgehead atoms. The van der Waals surface area contributed by atoms with Gasteiger partial charge in [0, 0.05) is 24.2 Å². The third kappa shape index (κ3) is 5.48. The number of aromatic nitrogens is 2. The van der Waals surface area contributed by atoms with Crippen molar-refractivity contribution >= 4 is 45.0 Å². The van der Waals surface area contributed by atoms with Gasteiger partial charge in [-0.2, -0.15) is 0 Å². The van der Waals surface area contributed by atoms with E-state index < -0.39 is 5.25 Å². The van der Waals surface area contributed by atoms with Crippen molar-refractivity contribution in [2.45, 2.75) is 50.2 Å². The highest BCUT2D eigenvalue weighted by atomic mass is 32.2. The Morgan fingerprint density at radius 2 is 1.71 bits per heavy atom. The van der Waals surface area contributed by atoms with Gasteiger partial charge in [-0.25, -0.2) is 4.98 Å². The van der Waals surface area contributed by atoms with Gasteiger partial charge in [0.15, 0.2) is 5.16 Å². The summed E-state index contributed by atoms with van der Waals surface area (Å²) in [7, 11) is 0. The van der Waals surface area contributed by atoms with E-state index in [0.29, 0.717) is 35.6 Å². The van der Waals surface area contributed by atoms with Gasteiger partial charge in [0.2, 0.25) is 5.91 Å². The second kappa shape index (κ2) is 10.8. The van der Waals surface area contributed by atoms with Crippen molar-refractivity contribution in [2.24, 2.45) is 0 Å². The minimum Gasteiger partial charge on any atom is -0.379 e. The smallest absolute Gasteiger partial charge is 0.262 e. The van der Waals surface area contributed by atoms with Gasteiger partial charge in [0.1, 0.15) is 0 Å². The lowest BCUT2D eigenvalue weighted by Gasteiger charge is -2.17. The fourth-order valence-corrected chi connectivity index (χ4v) is 4.69. The summed E-state index contributed by atoms with van der Waals surface area (Å²) in [5.74, 6) is -0.140. The molecule has 0 aliphatic heterocycles. The molecule has 1 unspecified atom stereocenters. The predicted octanol–water partition coefficient (Wildman–Crippen LogP) is 5.48. The summed E-state index contributed by atoms with van der Waals surface area (Å²) in [6.45, 7) is 6.84. The van der Waals surface area contributed by atoms with Gasteiger partial charge in [-0.3, -0.25) is 14.2 Å². The SMILES string of the molecule is CC(C)OCCCn1c(SC(C)C(=O)Nc2cccc3ccccc23)nc2ccccc2c1=O. The molecular weight excluding hydrogens is 446 g/mol. The standard InChI is InChI=1S/C27H29N3O3S/c1-18(2)33-17-9-16-30-26(32)22-13-6-7-14-24(22)29-27(30)34-19(3)25(31)28-23-15-8-11-20-10-4-5-12-21(20)23/h4-8,10-15,18-19H,9,16-17H2,1-3H3,(H,28,31). The monoisotopic (exact) mass is 475 g/mol. The lowest BCUT2D eigenvalue weighted by atomic mass is 10.1. The maximum atomic E-state index is 13.2. The molecule has 1 atom stereocenters. The molecule has 0 aliphatic carbocycles. The molecule has 4 rings (SSSR count). The van der Waals surface area contributed by atoms with Crippen LogP contribution in [0.5, 0.6) is 0 Å². The van der Waals surface area contributed by atoms with Crippen LogP contribution < -0.4 is 10.9 Å². The van der Waals surface area contributed by atoms with Crippen molar-refractivity contribution in [3.05, 3.63) is 77.1 Å². The minimum absolute atomic E-state index is 0.0979. The van der Waals surface area contributed by atoms with Gasteiger partial charge >= 0.3 is 0 Å². The Morgan fingerprint density at radius 1 is 1.00 bits per heavy atom. The number of carbonyl (C=O) groups excluding carboxylic acids is 1. The number of anilines is 1. The highest BCUT2D eigenvalue weighted by Gasteiger charge is 2.20. The second-order valence-electron chi connectivity index (χ2n) is 8.42. The second-order valence-corrected chi connectivity index (χ2v) is 9.73. The van der Waals surface area contributed by atoms with Crippen LogP contribution in [-0.2, 0) is 16.1 Å². The largest absolute Gasteiger partial charge is 0.379 e. The summed E-state index contributed by atoms with van der Waals surface area (Å²) in [6, 6.07) is 21.1. The molecule has 0 radical (unpaired) electrons. The molecule has 3 aromatic carbocycles. The van der Waals surface area contributed by atoms with E-state index in [1.54, 1.807) is 10.6 Å². The number of hydrogen-bond donors (Lipinski definition) is 1. The van der Waals surface area contributed by atoms with E-state index in [-0.39, 0.29) is 17.6 Å². The number of amides is 1. The van der Waals surface area contributed by atoms with E-state index in [2.05, 4.69) is 5.32 Å². The first-order valence-electron chi connectivity index (χ1n) is 11.5. The van der Waals surface area contributed by atoms with E-state index in [4.69, 9.17) is 9.72 Å². The molecular formula is C27H29N3O3S. The summed E-state index contributed by atoms with van der Waals surface area (Å²) < 4.78 is 7.31. The molecule has 1 N–H and O–H groups in total. The van der Waals surface area contributed by atoms with E-state index in [1.165, 1.54) is 11.8 Å². The van der Waals surface area contributed by atoms with Gasteiger partial charge in [-0.1, -0.05) is 60.3 Å². The number of rotatable bonds is 9. The fourth-order valence-electron chi connectivity index (χ4n) is 3.76. The van der Waals surface area contributed by atoms with Gasteiger partial charge in [-0.15, -0.1) is 0 Å². The van der Waals surface area contributed by atoms with Crippen LogP contribution in [0.15, 0.2) is 76.7 Å². The van der Waals surface area contributed by atoms with Crippen molar-refractivity contribution in [2.75, 3.05) is 11.9 Å². The van der Waals surface area contributed by atoms with Crippen LogP contribution in [-0.4, -0.2) is 33.4 Å². The summed E-state index contributed by atoms with van der Waals surface area (Å²) in [6.07, 6.45) is 0.820. The molecule has 6 nitrogen and oxygen atoms in total. The van der Waals surface area contributed by atoms with E-state index in [0.717, 1.165) is 16.5 Å². The average molecular weight is 476 g/mol. The van der Waals surface area contributed by atoms with Gasteiger partial charge < -0.3 is 10.1 Å². The Labute approximate surface area is 203 Å². The molecule has 176 valence electrons. The van der Waals surface area contributed by atoms with Gasteiger partial charge in [0.25, 0.3) is 5.56 Å². The highest BCUT2D eigenvalue weighted by Crippen LogP contribution is 2.27. The van der Waals surface area contributed by atoms with Gasteiger partial charge in [0.05, 0.1) is 22.3 Å². The molecule has 4 aromatic rings. The van der Waals surface area contributed by atoms with Crippen LogP contribution >= 0.6 is 11.8 Å². The summed E-state index contributed by atoms with van der Waals surface area (Å²) in [5, 5.41) is 5.75. The first kappa shape index (κ1) is 24.0. The number of hydrogen-bond acceptors (Lipinski definition) is 5. The zero-order valence-electron chi connectivity index (χ0n) is 19.7. The maximum Gasteiger partial charge on any atom is 0.262 e. The predicted molar refractivity (Wildman–Crippen MR) is 140 cm³/mol. The van der Waals surface area contributed by atoms with Crippen molar-refractivity contribution < 1.29 is 9.53 Å². The van der Waals surface area contributed by atoms with E-state index in [9.17, 15) is 9.59 Å². The number of benzene rings is 3. The van der Waals surface area contributed by atoms with Crippen LogP contribution in [0.25, 0.3) is 21.7 Å². The van der Waals surface area contributed by atoms with E-state index in [1.807, 2.05) is 81.4 Å². The number of fused-ring (bicyclic) bond motifs is 2. The molecule has 7 heteroatoms. The number of carbonyl (C=O) groups is 1. The van der Waals surface area contributed by atoms with Crippen molar-refractivity contribution in [1.82, 2.24) is 9.55 Å². The highest BCUT2D eigenvalue weighted by molar-refractivity contribution is 8.00. The zero-order valence-corrected chi connectivity index (χ0v) is 20.5. The first-order chi connectivity index (χ1) is 16.4. The summed E-state index contributed by atoms with van der Waals surface area (Å²) in [5.41, 5.74) is 1.30. The molecule has 0 aliphatic rings. The lowest BCUT2D eigenvalue weighted by Crippen LogP contribution is -2.27. The Balaban J connectivity index is 1.57. The van der Waals surface area contributed by atoms with Gasteiger partial charge in [-0.05, 0) is 50.8 Å². The maximum absolute atomic E-state index is 13.2. The van der Waals surface area contributed by atoms with Crippen LogP contribution in [0.1, 0.15) is 27.2 Å². The Kier molecular flexibility index (Phi) is 7.65. The quantitative estimate of drug-likeness (QED) is 0.197. The minimum atomic E-state index is -0.454. The van der Waals surface area contributed by atoms with Crippen LogP contribution in [0.2, 0.25) is 0 Å². The number of para-hydroxylation sites is 1. The average Bonchev–Trinajstić information content (AvgIpc) is 2.83. The first-order valence-corrected chi connectivity index (χ1v) is 12.4. The Morgan fingerprint density at radius 3 is 2.50 bits per heavy atom. The van der Waals surface area contributed by atoms with E-state index >= 15 is 0 Å². The molecule has 1 heterocycles. The molecule has 0 spiro atoms. The molecule has 0 saturated heterocycles. The number of nitrogens with one attached hydrogen (secondary N) is 1. The van der Waals surface area contributed by atoms with Crippen LogP contribution in [0, 0.1) is 0 Å². The van der Waals surface area contributed by atoms with Crippen molar-refractivity contribution in [1.29, 1.82) is 0 Å². The van der Waals surface area contributed by atoms with Crippen molar-refractivity contribution in [3.63, 3.8) is 0 Å². The Hall–Kier alpha value is -3.16. The number of nitrogens with zero attached hydrogens (tertiary/aromatic N) is 2. The molecule has 34 heavy (non-hydrogen) atoms. The lowest BCUT2D eigenvalue weighted by molar-refractivity contribution is -0.115. The van der Waals surface area contributed by atoms with Crippen LogP contribution in [0.4, 0.5) is 5.69 Å². The number of ether oxygens (including phenoxy) is 1. The molecule has 1 amide bonds. The molecule has 0 fully saturated rings. The fraction of sp³-hybridized carbons (Fsp3) is 0.296.